The van der Waals surface area contributed by atoms with E-state index in [0.29, 0.717) is 19.4 Å². The molecule has 0 bridgehead atoms. The van der Waals surface area contributed by atoms with E-state index in [-0.39, 0.29) is 18.4 Å². The number of amides is 3. The first-order valence-corrected chi connectivity index (χ1v) is 7.71. The fraction of sp³-hybridized carbons (Fsp3) is 0.438. The molecule has 1 aromatic rings. The minimum Gasteiger partial charge on any atom is -0.344 e. The molecule has 2 rings (SSSR count). The predicted octanol–water partition coefficient (Wildman–Crippen LogP) is -0.596. The van der Waals surface area contributed by atoms with E-state index in [4.69, 9.17) is 5.73 Å². The van der Waals surface area contributed by atoms with Gasteiger partial charge in [-0.2, -0.15) is 0 Å². The number of benzene rings is 1. The van der Waals surface area contributed by atoms with Gasteiger partial charge in [-0.1, -0.05) is 24.3 Å². The van der Waals surface area contributed by atoms with Crippen LogP contribution in [0.3, 0.4) is 0 Å². The molecule has 124 valence electrons. The summed E-state index contributed by atoms with van der Waals surface area (Å²) in [4.78, 5) is 35.5. The van der Waals surface area contributed by atoms with Crippen molar-refractivity contribution < 1.29 is 14.4 Å². The zero-order valence-electron chi connectivity index (χ0n) is 12.9. The van der Waals surface area contributed by atoms with Crippen molar-refractivity contribution in [2.45, 2.75) is 25.9 Å². The highest BCUT2D eigenvalue weighted by Crippen LogP contribution is 2.11. The van der Waals surface area contributed by atoms with Crippen molar-refractivity contribution in [1.29, 1.82) is 0 Å². The molecule has 0 saturated carbocycles. The van der Waals surface area contributed by atoms with Gasteiger partial charge < -0.3 is 16.4 Å². The standard InChI is InChI=1S/C16H22N4O3/c17-9-11-2-1-3-12(8-11)10-19-15(22)16(23)20-14(21)13-4-6-18-7-5-13/h1-3,8,13,18H,4-7,9-10,17H2,(H,19,22)(H,20,21,23). The summed E-state index contributed by atoms with van der Waals surface area (Å²) >= 11 is 0. The smallest absolute Gasteiger partial charge is 0.315 e. The van der Waals surface area contributed by atoms with Gasteiger partial charge in [-0.05, 0) is 37.1 Å². The Morgan fingerprint density at radius 2 is 1.83 bits per heavy atom. The Bertz CT molecular complexity index is 582. The highest BCUT2D eigenvalue weighted by atomic mass is 16.2. The summed E-state index contributed by atoms with van der Waals surface area (Å²) in [5.74, 6) is -2.32. The zero-order valence-corrected chi connectivity index (χ0v) is 12.9. The summed E-state index contributed by atoms with van der Waals surface area (Å²) in [6.45, 7) is 2.11. The SMILES string of the molecule is NCc1cccc(CNC(=O)C(=O)NC(=O)C2CCNCC2)c1. The molecule has 0 atom stereocenters. The van der Waals surface area contributed by atoms with Crippen molar-refractivity contribution in [3.63, 3.8) is 0 Å². The normalized spacial score (nSPS) is 15.0. The van der Waals surface area contributed by atoms with Gasteiger partial charge in [-0.3, -0.25) is 19.7 Å². The fourth-order valence-corrected chi connectivity index (χ4v) is 2.48. The molecule has 7 nitrogen and oxygen atoms in total. The van der Waals surface area contributed by atoms with Gasteiger partial charge in [0.2, 0.25) is 5.91 Å². The summed E-state index contributed by atoms with van der Waals surface area (Å²) in [6, 6.07) is 7.41. The highest BCUT2D eigenvalue weighted by molar-refractivity contribution is 6.37. The van der Waals surface area contributed by atoms with Crippen LogP contribution < -0.4 is 21.7 Å². The summed E-state index contributed by atoms with van der Waals surface area (Å²) in [7, 11) is 0. The molecule has 5 N–H and O–H groups in total. The van der Waals surface area contributed by atoms with E-state index in [1.165, 1.54) is 0 Å². The van der Waals surface area contributed by atoms with Gasteiger partial charge in [0.05, 0.1) is 0 Å². The van der Waals surface area contributed by atoms with E-state index in [2.05, 4.69) is 16.0 Å². The second kappa shape index (κ2) is 8.40. The summed E-state index contributed by atoms with van der Waals surface area (Å²) in [5, 5.41) is 7.81. The topological polar surface area (TPSA) is 113 Å². The van der Waals surface area contributed by atoms with Gasteiger partial charge in [0.25, 0.3) is 0 Å². The number of carbonyl (C=O) groups is 3. The lowest BCUT2D eigenvalue weighted by atomic mass is 9.97. The number of nitrogens with two attached hydrogens (primary N) is 1. The number of imide groups is 1. The Hall–Kier alpha value is -2.25. The van der Waals surface area contributed by atoms with E-state index in [0.717, 1.165) is 24.2 Å². The number of piperidine rings is 1. The van der Waals surface area contributed by atoms with Crippen LogP contribution in [-0.4, -0.2) is 30.8 Å². The lowest BCUT2D eigenvalue weighted by Gasteiger charge is -2.21. The Morgan fingerprint density at radius 1 is 1.13 bits per heavy atom. The molecule has 0 aromatic heterocycles. The Balaban J connectivity index is 1.80. The average molecular weight is 318 g/mol. The van der Waals surface area contributed by atoms with Gasteiger partial charge in [0, 0.05) is 19.0 Å². The van der Waals surface area contributed by atoms with Crippen LogP contribution in [0.1, 0.15) is 24.0 Å². The zero-order chi connectivity index (χ0) is 16.7. The molecule has 1 fully saturated rings. The van der Waals surface area contributed by atoms with Crippen LogP contribution in [0.4, 0.5) is 0 Å². The van der Waals surface area contributed by atoms with Crippen molar-refractivity contribution in [2.24, 2.45) is 11.7 Å². The lowest BCUT2D eigenvalue weighted by Crippen LogP contribution is -2.46. The molecule has 0 radical (unpaired) electrons. The number of rotatable bonds is 4. The second-order valence-corrected chi connectivity index (χ2v) is 5.55. The van der Waals surface area contributed by atoms with Crippen LogP contribution in [-0.2, 0) is 27.5 Å². The third-order valence-corrected chi connectivity index (χ3v) is 3.83. The molecule has 0 spiro atoms. The molecule has 1 aliphatic rings. The molecular weight excluding hydrogens is 296 g/mol. The van der Waals surface area contributed by atoms with Gasteiger partial charge in [-0.25, -0.2) is 0 Å². The molecule has 1 aromatic carbocycles. The van der Waals surface area contributed by atoms with Crippen LogP contribution in [0.25, 0.3) is 0 Å². The number of carbonyl (C=O) groups excluding carboxylic acids is 3. The first-order valence-electron chi connectivity index (χ1n) is 7.71. The van der Waals surface area contributed by atoms with Crippen molar-refractivity contribution in [3.05, 3.63) is 35.4 Å². The van der Waals surface area contributed by atoms with Crippen LogP contribution >= 0.6 is 0 Å². The van der Waals surface area contributed by atoms with Crippen LogP contribution in [0.15, 0.2) is 24.3 Å². The van der Waals surface area contributed by atoms with E-state index < -0.39 is 11.8 Å². The van der Waals surface area contributed by atoms with Crippen molar-refractivity contribution >= 4 is 17.7 Å². The average Bonchev–Trinajstić information content (AvgIpc) is 2.60. The van der Waals surface area contributed by atoms with Crippen molar-refractivity contribution in [3.8, 4) is 0 Å². The van der Waals surface area contributed by atoms with Crippen molar-refractivity contribution in [1.82, 2.24) is 16.0 Å². The van der Waals surface area contributed by atoms with E-state index in [9.17, 15) is 14.4 Å². The Kier molecular flexibility index (Phi) is 6.25. The monoisotopic (exact) mass is 318 g/mol. The maximum atomic E-state index is 11.9. The highest BCUT2D eigenvalue weighted by Gasteiger charge is 2.24. The summed E-state index contributed by atoms with van der Waals surface area (Å²) < 4.78 is 0. The van der Waals surface area contributed by atoms with Gasteiger partial charge in [0.1, 0.15) is 0 Å². The number of nitrogens with one attached hydrogen (secondary N) is 3. The van der Waals surface area contributed by atoms with E-state index in [1.807, 2.05) is 24.3 Å². The van der Waals surface area contributed by atoms with E-state index in [1.54, 1.807) is 0 Å². The predicted molar refractivity (Wildman–Crippen MR) is 84.9 cm³/mol. The second-order valence-electron chi connectivity index (χ2n) is 5.55. The summed E-state index contributed by atoms with van der Waals surface area (Å²) in [5.41, 5.74) is 7.35. The minimum absolute atomic E-state index is 0.210. The van der Waals surface area contributed by atoms with Gasteiger partial charge >= 0.3 is 11.8 Å². The number of hydrogen-bond acceptors (Lipinski definition) is 5. The molecule has 1 saturated heterocycles. The lowest BCUT2D eigenvalue weighted by molar-refractivity contribution is -0.143. The van der Waals surface area contributed by atoms with Crippen molar-refractivity contribution in [2.75, 3.05) is 13.1 Å². The molecule has 1 heterocycles. The third kappa shape index (κ3) is 5.15. The Labute approximate surface area is 135 Å². The quantitative estimate of drug-likeness (QED) is 0.554. The molecule has 0 unspecified atom stereocenters. The van der Waals surface area contributed by atoms with Crippen LogP contribution in [0.5, 0.6) is 0 Å². The molecule has 1 aliphatic heterocycles. The largest absolute Gasteiger partial charge is 0.344 e. The van der Waals surface area contributed by atoms with Gasteiger partial charge in [-0.15, -0.1) is 0 Å². The summed E-state index contributed by atoms with van der Waals surface area (Å²) in [6.07, 6.45) is 1.35. The van der Waals surface area contributed by atoms with E-state index >= 15 is 0 Å². The first kappa shape index (κ1) is 17.1. The van der Waals surface area contributed by atoms with Gasteiger partial charge in [0.15, 0.2) is 0 Å². The third-order valence-electron chi connectivity index (χ3n) is 3.83. The minimum atomic E-state index is -0.913. The molecule has 3 amide bonds. The Morgan fingerprint density at radius 3 is 2.52 bits per heavy atom. The number of hydrogen-bond donors (Lipinski definition) is 4. The molecular formula is C16H22N4O3. The maximum absolute atomic E-state index is 11.9. The molecule has 0 aliphatic carbocycles. The molecule has 7 heteroatoms. The van der Waals surface area contributed by atoms with Crippen LogP contribution in [0.2, 0.25) is 0 Å². The first-order chi connectivity index (χ1) is 11.1. The fourth-order valence-electron chi connectivity index (χ4n) is 2.48. The van der Waals surface area contributed by atoms with Crippen LogP contribution in [0, 0.1) is 5.92 Å². The maximum Gasteiger partial charge on any atom is 0.315 e. The molecule has 23 heavy (non-hydrogen) atoms.